The van der Waals surface area contributed by atoms with E-state index in [4.69, 9.17) is 16.3 Å². The SMILES string of the molecule is Cc1nc(CNC(=O)C(C)(C)Oc2nn(-c3ccccc3)cc2Cl)cs1. The third-order valence-electron chi connectivity index (χ3n) is 3.65. The smallest absolute Gasteiger partial charge is 0.263 e. The van der Waals surface area contributed by atoms with Crippen molar-refractivity contribution in [2.24, 2.45) is 0 Å². The average Bonchev–Trinajstić information content (AvgIpc) is 3.19. The fourth-order valence-corrected chi connectivity index (χ4v) is 3.06. The minimum absolute atomic E-state index is 0.208. The van der Waals surface area contributed by atoms with Crippen molar-refractivity contribution < 1.29 is 9.53 Å². The molecule has 0 aliphatic heterocycles. The van der Waals surface area contributed by atoms with Gasteiger partial charge in [-0.25, -0.2) is 9.67 Å². The number of aromatic nitrogens is 3. The molecule has 2 heterocycles. The second kappa shape index (κ2) is 7.47. The lowest BCUT2D eigenvalue weighted by Gasteiger charge is -2.23. The van der Waals surface area contributed by atoms with Gasteiger partial charge in [0.25, 0.3) is 11.8 Å². The fraction of sp³-hybridized carbons (Fsp3) is 0.278. The van der Waals surface area contributed by atoms with E-state index < -0.39 is 5.60 Å². The van der Waals surface area contributed by atoms with Crippen LogP contribution in [0.5, 0.6) is 5.88 Å². The molecule has 1 aromatic carbocycles. The molecule has 0 atom stereocenters. The summed E-state index contributed by atoms with van der Waals surface area (Å²) in [5.41, 5.74) is 0.540. The molecule has 0 spiro atoms. The van der Waals surface area contributed by atoms with Crippen LogP contribution in [0.15, 0.2) is 41.9 Å². The predicted octanol–water partition coefficient (Wildman–Crippen LogP) is 3.76. The highest BCUT2D eigenvalue weighted by Crippen LogP contribution is 2.27. The molecule has 136 valence electrons. The van der Waals surface area contributed by atoms with E-state index in [1.165, 1.54) is 0 Å². The van der Waals surface area contributed by atoms with E-state index in [9.17, 15) is 4.79 Å². The number of para-hydroxylation sites is 1. The van der Waals surface area contributed by atoms with Gasteiger partial charge in [0, 0.05) is 5.38 Å². The van der Waals surface area contributed by atoms with Crippen LogP contribution < -0.4 is 10.1 Å². The number of aryl methyl sites for hydroxylation is 1. The Hall–Kier alpha value is -2.38. The van der Waals surface area contributed by atoms with E-state index in [0.717, 1.165) is 16.4 Å². The van der Waals surface area contributed by atoms with Crippen LogP contribution in [-0.2, 0) is 11.3 Å². The number of rotatable bonds is 6. The third kappa shape index (κ3) is 4.23. The maximum atomic E-state index is 12.5. The molecular weight excluding hydrogens is 372 g/mol. The van der Waals surface area contributed by atoms with Crippen LogP contribution in [0.25, 0.3) is 5.69 Å². The number of ether oxygens (including phenoxy) is 1. The van der Waals surface area contributed by atoms with Gasteiger partial charge in [0.05, 0.1) is 29.1 Å². The quantitative estimate of drug-likeness (QED) is 0.695. The van der Waals surface area contributed by atoms with Crippen molar-refractivity contribution in [2.45, 2.75) is 32.9 Å². The molecule has 8 heteroatoms. The van der Waals surface area contributed by atoms with Crippen molar-refractivity contribution in [2.75, 3.05) is 0 Å². The van der Waals surface area contributed by atoms with Crippen molar-refractivity contribution in [3.63, 3.8) is 0 Å². The van der Waals surface area contributed by atoms with Crippen molar-refractivity contribution in [3.8, 4) is 11.6 Å². The number of benzene rings is 1. The minimum Gasteiger partial charge on any atom is -0.459 e. The van der Waals surface area contributed by atoms with Gasteiger partial charge >= 0.3 is 0 Å². The van der Waals surface area contributed by atoms with Crippen LogP contribution in [0.1, 0.15) is 24.5 Å². The van der Waals surface area contributed by atoms with Crippen molar-refractivity contribution >= 4 is 28.8 Å². The molecule has 0 saturated carbocycles. The molecule has 0 unspecified atom stereocenters. The lowest BCUT2D eigenvalue weighted by atomic mass is 10.1. The van der Waals surface area contributed by atoms with Gasteiger partial charge in [0.2, 0.25) is 0 Å². The van der Waals surface area contributed by atoms with Gasteiger partial charge < -0.3 is 10.1 Å². The van der Waals surface area contributed by atoms with Gasteiger partial charge in [-0.3, -0.25) is 4.79 Å². The summed E-state index contributed by atoms with van der Waals surface area (Å²) in [6, 6.07) is 9.54. The minimum atomic E-state index is -1.13. The number of hydrogen-bond acceptors (Lipinski definition) is 5. The number of hydrogen-bond donors (Lipinski definition) is 1. The van der Waals surface area contributed by atoms with Crippen LogP contribution in [-0.4, -0.2) is 26.3 Å². The number of halogens is 1. The molecular formula is C18H19ClN4O2S. The van der Waals surface area contributed by atoms with E-state index >= 15 is 0 Å². The molecule has 3 aromatic rings. The molecule has 0 aliphatic rings. The number of carbonyl (C=O) groups excluding carboxylic acids is 1. The highest BCUT2D eigenvalue weighted by Gasteiger charge is 2.31. The van der Waals surface area contributed by atoms with E-state index in [-0.39, 0.29) is 11.8 Å². The van der Waals surface area contributed by atoms with E-state index in [1.54, 1.807) is 36.1 Å². The first kappa shape index (κ1) is 18.4. The predicted molar refractivity (Wildman–Crippen MR) is 102 cm³/mol. The highest BCUT2D eigenvalue weighted by molar-refractivity contribution is 7.09. The molecule has 2 aromatic heterocycles. The van der Waals surface area contributed by atoms with Crippen LogP contribution in [0, 0.1) is 6.92 Å². The summed E-state index contributed by atoms with van der Waals surface area (Å²) < 4.78 is 7.41. The second-order valence-corrected chi connectivity index (χ2v) is 7.68. The maximum absolute atomic E-state index is 12.5. The summed E-state index contributed by atoms with van der Waals surface area (Å²) in [6.07, 6.45) is 1.65. The zero-order valence-electron chi connectivity index (χ0n) is 14.7. The molecule has 0 radical (unpaired) electrons. The summed E-state index contributed by atoms with van der Waals surface area (Å²) in [4.78, 5) is 16.8. The zero-order chi connectivity index (χ0) is 18.7. The van der Waals surface area contributed by atoms with Gasteiger partial charge in [0.1, 0.15) is 5.02 Å². The second-order valence-electron chi connectivity index (χ2n) is 6.22. The monoisotopic (exact) mass is 390 g/mol. The molecule has 1 N–H and O–H groups in total. The van der Waals surface area contributed by atoms with Gasteiger partial charge in [0.15, 0.2) is 5.60 Å². The molecule has 0 saturated heterocycles. The fourth-order valence-electron chi connectivity index (χ4n) is 2.28. The topological polar surface area (TPSA) is 69.0 Å². The van der Waals surface area contributed by atoms with Crippen molar-refractivity contribution in [3.05, 3.63) is 57.6 Å². The van der Waals surface area contributed by atoms with Gasteiger partial charge in [-0.1, -0.05) is 29.8 Å². The summed E-state index contributed by atoms with van der Waals surface area (Å²) >= 11 is 7.78. The number of nitrogens with zero attached hydrogens (tertiary/aromatic N) is 3. The van der Waals surface area contributed by atoms with Crippen LogP contribution >= 0.6 is 22.9 Å². The Balaban J connectivity index is 1.68. The van der Waals surface area contributed by atoms with Gasteiger partial charge in [-0.2, -0.15) is 0 Å². The Morgan fingerprint density at radius 1 is 1.35 bits per heavy atom. The van der Waals surface area contributed by atoms with Crippen molar-refractivity contribution in [1.29, 1.82) is 0 Å². The van der Waals surface area contributed by atoms with E-state index in [0.29, 0.717) is 11.6 Å². The Kier molecular flexibility index (Phi) is 5.29. The molecule has 26 heavy (non-hydrogen) atoms. The van der Waals surface area contributed by atoms with Crippen LogP contribution in [0.4, 0.5) is 0 Å². The summed E-state index contributed by atoms with van der Waals surface area (Å²) in [5, 5.41) is 10.4. The number of nitrogens with one attached hydrogen (secondary N) is 1. The van der Waals surface area contributed by atoms with E-state index in [2.05, 4.69) is 15.4 Å². The molecule has 0 bridgehead atoms. The van der Waals surface area contributed by atoms with Gasteiger partial charge in [-0.15, -0.1) is 16.4 Å². The zero-order valence-corrected chi connectivity index (χ0v) is 16.3. The molecule has 0 aliphatic carbocycles. The number of carbonyl (C=O) groups is 1. The molecule has 6 nitrogen and oxygen atoms in total. The van der Waals surface area contributed by atoms with Gasteiger partial charge in [-0.05, 0) is 32.9 Å². The Morgan fingerprint density at radius 2 is 2.08 bits per heavy atom. The first-order valence-corrected chi connectivity index (χ1v) is 9.30. The normalized spacial score (nSPS) is 11.4. The Labute approximate surface area is 160 Å². The maximum Gasteiger partial charge on any atom is 0.263 e. The summed E-state index contributed by atoms with van der Waals surface area (Å²) in [5.74, 6) is -0.0614. The summed E-state index contributed by atoms with van der Waals surface area (Å²) in [7, 11) is 0. The Morgan fingerprint density at radius 3 is 2.73 bits per heavy atom. The molecule has 0 fully saturated rings. The Bertz CT molecular complexity index is 905. The first-order chi connectivity index (χ1) is 12.3. The number of thiazole rings is 1. The third-order valence-corrected chi connectivity index (χ3v) is 4.74. The largest absolute Gasteiger partial charge is 0.459 e. The van der Waals surface area contributed by atoms with E-state index in [1.807, 2.05) is 42.6 Å². The lowest BCUT2D eigenvalue weighted by molar-refractivity contribution is -0.134. The first-order valence-electron chi connectivity index (χ1n) is 8.04. The molecule has 1 amide bonds. The highest BCUT2D eigenvalue weighted by atomic mass is 35.5. The lowest BCUT2D eigenvalue weighted by Crippen LogP contribution is -2.46. The average molecular weight is 391 g/mol. The molecule has 3 rings (SSSR count). The standard InChI is InChI=1S/C18H19ClN4O2S/c1-12-21-13(11-26-12)9-20-17(24)18(2,3)25-16-15(19)10-23(22-16)14-7-5-4-6-8-14/h4-8,10-11H,9H2,1-3H3,(H,20,24). The number of amides is 1. The van der Waals surface area contributed by atoms with Crippen molar-refractivity contribution in [1.82, 2.24) is 20.1 Å². The van der Waals surface area contributed by atoms with Crippen LogP contribution in [0.2, 0.25) is 5.02 Å². The van der Waals surface area contributed by atoms with Crippen LogP contribution in [0.3, 0.4) is 0 Å². The summed E-state index contributed by atoms with van der Waals surface area (Å²) in [6.45, 7) is 5.62.